The first-order chi connectivity index (χ1) is 14.9. The maximum absolute atomic E-state index is 9.70. The lowest BCUT2D eigenvalue weighted by molar-refractivity contribution is 0.209. The molecule has 160 valence electrons. The lowest BCUT2D eigenvalue weighted by atomic mass is 10.1. The highest BCUT2D eigenvalue weighted by molar-refractivity contribution is 5.71. The van der Waals surface area contributed by atoms with Crippen LogP contribution >= 0.6 is 0 Å². The third-order valence-electron chi connectivity index (χ3n) is 5.58. The molecule has 31 heavy (non-hydrogen) atoms. The Kier molecular flexibility index (Phi) is 5.57. The molecule has 0 aromatic carbocycles. The smallest absolute Gasteiger partial charge is 0.253 e. The lowest BCUT2D eigenvalue weighted by Crippen LogP contribution is -2.49. The number of piperazine rings is 1. The van der Waals surface area contributed by atoms with E-state index in [1.54, 1.807) is 4.68 Å². The van der Waals surface area contributed by atoms with E-state index in [4.69, 9.17) is 10.7 Å². The number of aryl methyl sites for hydroxylation is 2. The number of nitrogen functional groups attached to an aromatic ring is 1. The molecule has 1 fully saturated rings. The number of nitrogens with two attached hydrogens (primary N) is 1. The first kappa shape index (κ1) is 20.8. The summed E-state index contributed by atoms with van der Waals surface area (Å²) in [5.74, 6) is 1.32. The molecule has 1 aliphatic rings. The van der Waals surface area contributed by atoms with Crippen LogP contribution in [0.25, 0.3) is 17.3 Å². The zero-order valence-corrected chi connectivity index (χ0v) is 18.4. The normalized spacial score (nSPS) is 14.8. The molecule has 1 saturated heterocycles. The highest BCUT2D eigenvalue weighted by Gasteiger charge is 2.22. The standard InChI is InChI=1S/C22H27N9/c1-14(2)29-8-10-30(11-9-29)19-7-5-6-18(25-19)20-17(13-23)21(24)27-22(26-20)31-16(4)12-15(3)28-31/h5-7,12,14H,8-11H2,1-4H3,(H2,24,26,27). The molecule has 0 amide bonds. The highest BCUT2D eigenvalue weighted by Crippen LogP contribution is 2.27. The van der Waals surface area contributed by atoms with Crippen molar-refractivity contribution in [1.29, 1.82) is 5.26 Å². The van der Waals surface area contributed by atoms with Crippen molar-refractivity contribution in [2.75, 3.05) is 36.8 Å². The summed E-state index contributed by atoms with van der Waals surface area (Å²) in [5.41, 5.74) is 9.10. The van der Waals surface area contributed by atoms with Gasteiger partial charge < -0.3 is 10.6 Å². The van der Waals surface area contributed by atoms with Gasteiger partial charge in [-0.3, -0.25) is 4.90 Å². The van der Waals surface area contributed by atoms with Crippen LogP contribution in [0.3, 0.4) is 0 Å². The Morgan fingerprint density at radius 3 is 2.42 bits per heavy atom. The minimum Gasteiger partial charge on any atom is -0.382 e. The van der Waals surface area contributed by atoms with E-state index in [9.17, 15) is 5.26 Å². The Labute approximate surface area is 182 Å². The Balaban J connectivity index is 1.72. The van der Waals surface area contributed by atoms with Crippen molar-refractivity contribution in [3.63, 3.8) is 0 Å². The Morgan fingerprint density at radius 2 is 1.81 bits per heavy atom. The van der Waals surface area contributed by atoms with E-state index in [0.29, 0.717) is 23.4 Å². The summed E-state index contributed by atoms with van der Waals surface area (Å²) in [4.78, 5) is 18.5. The number of anilines is 2. The van der Waals surface area contributed by atoms with Crippen LogP contribution in [0.5, 0.6) is 0 Å². The molecule has 0 atom stereocenters. The van der Waals surface area contributed by atoms with Crippen LogP contribution in [-0.2, 0) is 0 Å². The van der Waals surface area contributed by atoms with Gasteiger partial charge in [0.25, 0.3) is 5.95 Å². The number of nitrogens with zero attached hydrogens (tertiary/aromatic N) is 8. The van der Waals surface area contributed by atoms with E-state index in [0.717, 1.165) is 43.4 Å². The van der Waals surface area contributed by atoms with Crippen molar-refractivity contribution in [3.8, 4) is 23.4 Å². The van der Waals surface area contributed by atoms with E-state index >= 15 is 0 Å². The van der Waals surface area contributed by atoms with Gasteiger partial charge in [-0.1, -0.05) is 6.07 Å². The van der Waals surface area contributed by atoms with Crippen molar-refractivity contribution in [2.45, 2.75) is 33.7 Å². The summed E-state index contributed by atoms with van der Waals surface area (Å²) in [6.45, 7) is 12.1. The van der Waals surface area contributed by atoms with Gasteiger partial charge in [0.2, 0.25) is 0 Å². The largest absolute Gasteiger partial charge is 0.382 e. The molecule has 9 heteroatoms. The second kappa shape index (κ2) is 8.32. The minimum atomic E-state index is 0.118. The van der Waals surface area contributed by atoms with Gasteiger partial charge in [0.15, 0.2) is 0 Å². The molecule has 4 rings (SSSR count). The Bertz CT molecular complexity index is 1130. The molecule has 4 heterocycles. The molecule has 0 aliphatic carbocycles. The van der Waals surface area contributed by atoms with Gasteiger partial charge in [-0.2, -0.15) is 15.3 Å². The minimum absolute atomic E-state index is 0.118. The van der Waals surface area contributed by atoms with Gasteiger partial charge in [0.1, 0.15) is 29.0 Å². The van der Waals surface area contributed by atoms with E-state index in [2.05, 4.69) is 44.8 Å². The van der Waals surface area contributed by atoms with Crippen molar-refractivity contribution in [3.05, 3.63) is 41.2 Å². The van der Waals surface area contributed by atoms with Gasteiger partial charge in [0, 0.05) is 37.9 Å². The summed E-state index contributed by atoms with van der Waals surface area (Å²) in [6, 6.07) is 10.4. The molecule has 0 spiro atoms. The van der Waals surface area contributed by atoms with Gasteiger partial charge in [-0.25, -0.2) is 14.6 Å². The van der Waals surface area contributed by atoms with Crippen LogP contribution in [-0.4, -0.2) is 61.9 Å². The van der Waals surface area contributed by atoms with Gasteiger partial charge in [0.05, 0.1) is 11.4 Å². The van der Waals surface area contributed by atoms with E-state index in [1.165, 1.54) is 0 Å². The van der Waals surface area contributed by atoms with Crippen molar-refractivity contribution in [1.82, 2.24) is 29.6 Å². The van der Waals surface area contributed by atoms with E-state index in [-0.39, 0.29) is 11.4 Å². The molecule has 3 aromatic rings. The molecular weight excluding hydrogens is 390 g/mol. The topological polar surface area (TPSA) is 113 Å². The van der Waals surface area contributed by atoms with Crippen LogP contribution < -0.4 is 10.6 Å². The van der Waals surface area contributed by atoms with Crippen molar-refractivity contribution >= 4 is 11.6 Å². The maximum Gasteiger partial charge on any atom is 0.253 e. The SMILES string of the molecule is Cc1cc(C)n(-c2nc(N)c(C#N)c(-c3cccc(N4CCN(C(C)C)CC4)n3)n2)n1. The maximum atomic E-state index is 9.70. The second-order valence-corrected chi connectivity index (χ2v) is 8.08. The summed E-state index contributed by atoms with van der Waals surface area (Å²) in [7, 11) is 0. The molecule has 0 bridgehead atoms. The molecule has 3 aromatic heterocycles. The van der Waals surface area contributed by atoms with E-state index in [1.807, 2.05) is 38.1 Å². The predicted molar refractivity (Wildman–Crippen MR) is 120 cm³/mol. The highest BCUT2D eigenvalue weighted by atomic mass is 15.4. The molecule has 2 N–H and O–H groups in total. The average Bonchev–Trinajstić information content (AvgIpc) is 3.11. The zero-order chi connectivity index (χ0) is 22.1. The molecular formula is C22H27N9. The van der Waals surface area contributed by atoms with Crippen molar-refractivity contribution in [2.24, 2.45) is 0 Å². The summed E-state index contributed by atoms with van der Waals surface area (Å²) in [6.07, 6.45) is 0. The van der Waals surface area contributed by atoms with Crippen LogP contribution in [0.1, 0.15) is 30.8 Å². The second-order valence-electron chi connectivity index (χ2n) is 8.08. The third-order valence-corrected chi connectivity index (χ3v) is 5.58. The zero-order valence-electron chi connectivity index (χ0n) is 18.4. The summed E-state index contributed by atoms with van der Waals surface area (Å²) >= 11 is 0. The fourth-order valence-corrected chi connectivity index (χ4v) is 3.89. The van der Waals surface area contributed by atoms with Crippen LogP contribution in [0, 0.1) is 25.2 Å². The van der Waals surface area contributed by atoms with Gasteiger partial charge in [-0.05, 0) is 45.9 Å². The first-order valence-electron chi connectivity index (χ1n) is 10.4. The number of hydrogen-bond donors (Lipinski definition) is 1. The fraction of sp³-hybridized carbons (Fsp3) is 0.409. The Morgan fingerprint density at radius 1 is 1.06 bits per heavy atom. The predicted octanol–water partition coefficient (Wildman–Crippen LogP) is 2.33. The van der Waals surface area contributed by atoms with Gasteiger partial charge >= 0.3 is 0 Å². The molecule has 1 aliphatic heterocycles. The lowest BCUT2D eigenvalue weighted by Gasteiger charge is -2.37. The molecule has 0 unspecified atom stereocenters. The third kappa shape index (κ3) is 4.07. The van der Waals surface area contributed by atoms with Crippen molar-refractivity contribution < 1.29 is 0 Å². The van der Waals surface area contributed by atoms with Crippen LogP contribution in [0.15, 0.2) is 24.3 Å². The molecule has 9 nitrogen and oxygen atoms in total. The average molecular weight is 418 g/mol. The first-order valence-corrected chi connectivity index (χ1v) is 10.4. The molecule has 0 saturated carbocycles. The quantitative estimate of drug-likeness (QED) is 0.688. The number of rotatable bonds is 4. The summed E-state index contributed by atoms with van der Waals surface area (Å²) in [5, 5.41) is 14.1. The number of aromatic nitrogens is 5. The Hall–Kier alpha value is -3.51. The monoisotopic (exact) mass is 417 g/mol. The number of hydrogen-bond acceptors (Lipinski definition) is 8. The summed E-state index contributed by atoms with van der Waals surface area (Å²) < 4.78 is 1.63. The fourth-order valence-electron chi connectivity index (χ4n) is 3.89. The van der Waals surface area contributed by atoms with E-state index < -0.39 is 0 Å². The molecule has 0 radical (unpaired) electrons. The number of pyridine rings is 1. The van der Waals surface area contributed by atoms with Crippen LogP contribution in [0.2, 0.25) is 0 Å². The van der Waals surface area contributed by atoms with Gasteiger partial charge in [-0.15, -0.1) is 0 Å². The van der Waals surface area contributed by atoms with Crippen LogP contribution in [0.4, 0.5) is 11.6 Å². The number of nitriles is 1.